The van der Waals surface area contributed by atoms with Gasteiger partial charge in [-0.05, 0) is 29.8 Å². The van der Waals surface area contributed by atoms with Crippen LogP contribution < -0.4 is 10.2 Å². The van der Waals surface area contributed by atoms with E-state index in [9.17, 15) is 0 Å². The van der Waals surface area contributed by atoms with E-state index in [-0.39, 0.29) is 0 Å². The van der Waals surface area contributed by atoms with Crippen molar-refractivity contribution in [2.45, 2.75) is 6.54 Å². The highest BCUT2D eigenvalue weighted by atomic mass is 35.5. The molecular formula is C18H16Cl2N4. The molecule has 0 unspecified atom stereocenters. The minimum atomic E-state index is 0.469. The average molecular weight is 359 g/mol. The molecule has 4 nitrogen and oxygen atoms in total. The summed E-state index contributed by atoms with van der Waals surface area (Å²) in [5.41, 5.74) is 1.89. The van der Waals surface area contributed by atoms with Gasteiger partial charge in [0.05, 0.1) is 10.7 Å². The van der Waals surface area contributed by atoms with Crippen LogP contribution in [0.4, 0.5) is 17.5 Å². The second kappa shape index (κ2) is 7.51. The van der Waals surface area contributed by atoms with Crippen LogP contribution in [0.2, 0.25) is 10.0 Å². The Bertz CT molecular complexity index is 824. The molecule has 3 aromatic rings. The Morgan fingerprint density at radius 3 is 2.62 bits per heavy atom. The highest BCUT2D eigenvalue weighted by molar-refractivity contribution is 6.35. The second-order valence-corrected chi connectivity index (χ2v) is 6.17. The van der Waals surface area contributed by atoms with Gasteiger partial charge in [-0.1, -0.05) is 53.5 Å². The Labute approximate surface area is 151 Å². The Hall–Kier alpha value is -2.30. The highest BCUT2D eigenvalue weighted by Gasteiger charge is 2.08. The Morgan fingerprint density at radius 2 is 1.83 bits per heavy atom. The zero-order valence-corrected chi connectivity index (χ0v) is 14.6. The number of anilines is 3. The van der Waals surface area contributed by atoms with E-state index in [1.54, 1.807) is 24.4 Å². The van der Waals surface area contributed by atoms with Crippen LogP contribution in [0, 0.1) is 0 Å². The van der Waals surface area contributed by atoms with E-state index in [1.165, 1.54) is 5.56 Å². The first-order valence-corrected chi connectivity index (χ1v) is 8.17. The molecule has 1 N–H and O–H groups in total. The molecule has 0 atom stereocenters. The van der Waals surface area contributed by atoms with Crippen LogP contribution in [0.1, 0.15) is 5.56 Å². The number of nitrogens with zero attached hydrogens (tertiary/aromatic N) is 3. The van der Waals surface area contributed by atoms with Crippen molar-refractivity contribution in [1.82, 2.24) is 9.97 Å². The van der Waals surface area contributed by atoms with Gasteiger partial charge in [-0.2, -0.15) is 4.98 Å². The van der Waals surface area contributed by atoms with E-state index in [1.807, 2.05) is 31.3 Å². The molecule has 24 heavy (non-hydrogen) atoms. The first-order chi connectivity index (χ1) is 11.6. The van der Waals surface area contributed by atoms with E-state index < -0.39 is 0 Å². The van der Waals surface area contributed by atoms with Crippen LogP contribution in [0.25, 0.3) is 0 Å². The number of hydrogen-bond acceptors (Lipinski definition) is 4. The largest absolute Gasteiger partial charge is 0.355 e. The van der Waals surface area contributed by atoms with Crippen molar-refractivity contribution in [2.75, 3.05) is 17.3 Å². The lowest BCUT2D eigenvalue weighted by molar-refractivity contribution is 0.893. The highest BCUT2D eigenvalue weighted by Crippen LogP contribution is 2.27. The Morgan fingerprint density at radius 1 is 1.04 bits per heavy atom. The summed E-state index contributed by atoms with van der Waals surface area (Å²) in [6.07, 6.45) is 1.71. The fraction of sp³-hybridized carbons (Fsp3) is 0.111. The molecule has 0 aliphatic rings. The molecule has 0 radical (unpaired) electrons. The van der Waals surface area contributed by atoms with E-state index in [0.29, 0.717) is 21.7 Å². The van der Waals surface area contributed by atoms with Gasteiger partial charge in [-0.3, -0.25) is 0 Å². The molecule has 1 heterocycles. The summed E-state index contributed by atoms with van der Waals surface area (Å²) in [7, 11) is 1.99. The van der Waals surface area contributed by atoms with Gasteiger partial charge in [0.2, 0.25) is 5.95 Å². The molecule has 0 saturated carbocycles. The zero-order valence-electron chi connectivity index (χ0n) is 13.1. The van der Waals surface area contributed by atoms with Crippen LogP contribution in [-0.4, -0.2) is 17.0 Å². The molecule has 0 bridgehead atoms. The maximum absolute atomic E-state index is 6.17. The van der Waals surface area contributed by atoms with Gasteiger partial charge in [-0.25, -0.2) is 4.98 Å². The standard InChI is InChI=1S/C18H16Cl2N4/c1-24(12-13-5-3-2-4-6-13)17-9-10-21-18(23-17)22-16-11-14(19)7-8-15(16)20/h2-11H,12H2,1H3,(H,21,22,23). The summed E-state index contributed by atoms with van der Waals surface area (Å²) in [4.78, 5) is 10.8. The number of hydrogen-bond donors (Lipinski definition) is 1. The fourth-order valence-electron chi connectivity index (χ4n) is 2.27. The van der Waals surface area contributed by atoms with Crippen molar-refractivity contribution in [2.24, 2.45) is 0 Å². The smallest absolute Gasteiger partial charge is 0.229 e. The van der Waals surface area contributed by atoms with Crippen molar-refractivity contribution in [3.8, 4) is 0 Å². The first-order valence-electron chi connectivity index (χ1n) is 7.42. The van der Waals surface area contributed by atoms with Crippen molar-refractivity contribution in [3.63, 3.8) is 0 Å². The van der Waals surface area contributed by atoms with Gasteiger partial charge in [0.25, 0.3) is 0 Å². The number of nitrogens with one attached hydrogen (secondary N) is 1. The zero-order chi connectivity index (χ0) is 16.9. The lowest BCUT2D eigenvalue weighted by Gasteiger charge is -2.19. The molecule has 0 amide bonds. The number of aromatic nitrogens is 2. The summed E-state index contributed by atoms with van der Waals surface area (Å²) in [6, 6.07) is 17.3. The molecule has 1 aromatic heterocycles. The molecular weight excluding hydrogens is 343 g/mol. The van der Waals surface area contributed by atoms with Crippen molar-refractivity contribution in [1.29, 1.82) is 0 Å². The number of benzene rings is 2. The van der Waals surface area contributed by atoms with Gasteiger partial charge in [0.1, 0.15) is 5.82 Å². The Balaban J connectivity index is 1.77. The fourth-order valence-corrected chi connectivity index (χ4v) is 2.61. The summed E-state index contributed by atoms with van der Waals surface area (Å²) in [5.74, 6) is 1.28. The van der Waals surface area contributed by atoms with E-state index in [2.05, 4.69) is 32.3 Å². The third-order valence-electron chi connectivity index (χ3n) is 3.47. The van der Waals surface area contributed by atoms with Crippen molar-refractivity contribution < 1.29 is 0 Å². The molecule has 0 saturated heterocycles. The predicted octanol–water partition coefficient (Wildman–Crippen LogP) is 5.16. The lowest BCUT2D eigenvalue weighted by Crippen LogP contribution is -2.18. The number of halogens is 2. The molecule has 0 aliphatic heterocycles. The summed E-state index contributed by atoms with van der Waals surface area (Å²) in [5, 5.41) is 4.26. The maximum Gasteiger partial charge on any atom is 0.229 e. The lowest BCUT2D eigenvalue weighted by atomic mass is 10.2. The Kier molecular flexibility index (Phi) is 5.18. The molecule has 3 rings (SSSR count). The SMILES string of the molecule is CN(Cc1ccccc1)c1ccnc(Nc2cc(Cl)ccc2Cl)n1. The van der Waals surface area contributed by atoms with Crippen molar-refractivity contribution >= 4 is 40.7 Å². The maximum atomic E-state index is 6.17. The summed E-state index contributed by atoms with van der Waals surface area (Å²) >= 11 is 12.2. The van der Waals surface area contributed by atoms with Crippen molar-refractivity contribution in [3.05, 3.63) is 76.4 Å². The topological polar surface area (TPSA) is 41.1 Å². The van der Waals surface area contributed by atoms with Gasteiger partial charge < -0.3 is 10.2 Å². The molecule has 0 fully saturated rings. The molecule has 0 aliphatic carbocycles. The quantitative estimate of drug-likeness (QED) is 0.683. The van der Waals surface area contributed by atoms with Gasteiger partial charge in [0.15, 0.2) is 0 Å². The van der Waals surface area contributed by atoms with Gasteiger partial charge in [0, 0.05) is 24.8 Å². The second-order valence-electron chi connectivity index (χ2n) is 5.33. The van der Waals surface area contributed by atoms with Crippen LogP contribution in [0.5, 0.6) is 0 Å². The van der Waals surface area contributed by atoms with E-state index >= 15 is 0 Å². The number of rotatable bonds is 5. The minimum absolute atomic E-state index is 0.469. The van der Waals surface area contributed by atoms with E-state index in [4.69, 9.17) is 23.2 Å². The first kappa shape index (κ1) is 16.6. The van der Waals surface area contributed by atoms with E-state index in [0.717, 1.165) is 12.4 Å². The average Bonchev–Trinajstić information content (AvgIpc) is 2.59. The van der Waals surface area contributed by atoms with Crippen LogP contribution >= 0.6 is 23.2 Å². The molecule has 2 aromatic carbocycles. The summed E-state index contributed by atoms with van der Waals surface area (Å²) in [6.45, 7) is 0.759. The van der Waals surface area contributed by atoms with Crippen LogP contribution in [0.15, 0.2) is 60.8 Å². The van der Waals surface area contributed by atoms with Gasteiger partial charge in [-0.15, -0.1) is 0 Å². The third-order valence-corrected chi connectivity index (χ3v) is 4.03. The predicted molar refractivity (Wildman–Crippen MR) is 100 cm³/mol. The normalized spacial score (nSPS) is 10.5. The van der Waals surface area contributed by atoms with Gasteiger partial charge >= 0.3 is 0 Å². The van der Waals surface area contributed by atoms with Crippen LogP contribution in [0.3, 0.4) is 0 Å². The molecule has 122 valence electrons. The molecule has 6 heteroatoms. The van der Waals surface area contributed by atoms with Crippen LogP contribution in [-0.2, 0) is 6.54 Å². The summed E-state index contributed by atoms with van der Waals surface area (Å²) < 4.78 is 0. The monoisotopic (exact) mass is 358 g/mol. The molecule has 0 spiro atoms. The minimum Gasteiger partial charge on any atom is -0.355 e. The third kappa shape index (κ3) is 4.16.